The van der Waals surface area contributed by atoms with Gasteiger partial charge in [0.25, 0.3) is 0 Å². The standard InChI is InChI=1S/C24H25ClF3N5O2/c1-2-20(34)31-10-12-32(13-11-31)22-16-8-9-33(14-18(16)29-23(30-22)35-15-6-7-15)19-5-3-4-17(25)21(19)24(26,27)28/h2-5,15H,1,6-14H2. The van der Waals surface area contributed by atoms with Crippen LogP contribution in [-0.2, 0) is 23.9 Å². The topological polar surface area (TPSA) is 61.8 Å². The van der Waals surface area contributed by atoms with Crippen molar-refractivity contribution in [1.29, 1.82) is 0 Å². The van der Waals surface area contributed by atoms with Crippen LogP contribution in [0.5, 0.6) is 6.01 Å². The normalized spacial score (nSPS) is 18.3. The molecule has 186 valence electrons. The Balaban J connectivity index is 1.46. The first kappa shape index (κ1) is 23.7. The molecule has 3 heterocycles. The summed E-state index contributed by atoms with van der Waals surface area (Å²) in [5.74, 6) is 0.628. The SMILES string of the molecule is C=CC(=O)N1CCN(c2nc(OC3CC3)nc3c2CCN(c2cccc(Cl)c2C(F)(F)F)C3)CC1. The molecule has 7 nitrogen and oxygen atoms in total. The Hall–Kier alpha value is -3.01. The molecule has 1 aromatic heterocycles. The highest BCUT2D eigenvalue weighted by molar-refractivity contribution is 6.31. The molecular weight excluding hydrogens is 483 g/mol. The number of fused-ring (bicyclic) bond motifs is 1. The van der Waals surface area contributed by atoms with E-state index in [1.54, 1.807) is 9.80 Å². The Kier molecular flexibility index (Phi) is 6.25. The van der Waals surface area contributed by atoms with E-state index in [1.807, 2.05) is 0 Å². The lowest BCUT2D eigenvalue weighted by molar-refractivity contribution is -0.137. The minimum absolute atomic E-state index is 0.0389. The first-order chi connectivity index (χ1) is 16.7. The molecule has 11 heteroatoms. The minimum atomic E-state index is -4.58. The summed E-state index contributed by atoms with van der Waals surface area (Å²) in [6, 6.07) is 4.47. The van der Waals surface area contributed by atoms with Gasteiger partial charge in [-0.15, -0.1) is 0 Å². The van der Waals surface area contributed by atoms with Crippen molar-refractivity contribution in [2.75, 3.05) is 42.5 Å². The number of hydrogen-bond donors (Lipinski definition) is 0. The molecule has 2 fully saturated rings. The molecule has 1 saturated heterocycles. The predicted octanol–water partition coefficient (Wildman–Crippen LogP) is 4.09. The molecule has 0 unspecified atom stereocenters. The third-order valence-corrected chi connectivity index (χ3v) is 6.82. The van der Waals surface area contributed by atoms with Crippen molar-refractivity contribution in [3.8, 4) is 6.01 Å². The second-order valence-electron chi connectivity index (χ2n) is 8.89. The van der Waals surface area contributed by atoms with Crippen LogP contribution in [0.4, 0.5) is 24.7 Å². The molecule has 0 atom stereocenters. The number of ether oxygens (including phenoxy) is 1. The van der Waals surface area contributed by atoms with Gasteiger partial charge in [0.2, 0.25) is 5.91 Å². The fourth-order valence-corrected chi connectivity index (χ4v) is 4.84. The number of carbonyl (C=O) groups excluding carboxylic acids is 1. The first-order valence-corrected chi connectivity index (χ1v) is 12.0. The van der Waals surface area contributed by atoms with Crippen molar-refractivity contribution < 1.29 is 22.7 Å². The van der Waals surface area contributed by atoms with E-state index in [0.29, 0.717) is 44.8 Å². The number of anilines is 2. The Bertz CT molecular complexity index is 1150. The summed E-state index contributed by atoms with van der Waals surface area (Å²) in [7, 11) is 0. The van der Waals surface area contributed by atoms with Gasteiger partial charge in [-0.2, -0.15) is 23.1 Å². The molecule has 3 aliphatic rings. The average Bonchev–Trinajstić information content (AvgIpc) is 3.66. The van der Waals surface area contributed by atoms with Crippen LogP contribution in [-0.4, -0.2) is 59.6 Å². The maximum absolute atomic E-state index is 13.8. The zero-order chi connectivity index (χ0) is 24.7. The molecule has 1 aromatic carbocycles. The average molecular weight is 508 g/mol. The number of aromatic nitrogens is 2. The lowest BCUT2D eigenvalue weighted by Gasteiger charge is -2.38. The summed E-state index contributed by atoms with van der Waals surface area (Å²) in [6.45, 7) is 6.34. The third kappa shape index (κ3) is 4.89. The molecule has 2 aliphatic heterocycles. The van der Waals surface area contributed by atoms with Crippen molar-refractivity contribution in [2.24, 2.45) is 0 Å². The number of piperazine rings is 1. The summed E-state index contributed by atoms with van der Waals surface area (Å²) < 4.78 is 47.3. The van der Waals surface area contributed by atoms with E-state index >= 15 is 0 Å². The molecule has 35 heavy (non-hydrogen) atoms. The van der Waals surface area contributed by atoms with Crippen LogP contribution >= 0.6 is 11.6 Å². The Labute approximate surface area is 206 Å². The molecule has 5 rings (SSSR count). The van der Waals surface area contributed by atoms with Crippen molar-refractivity contribution in [1.82, 2.24) is 14.9 Å². The van der Waals surface area contributed by atoms with Gasteiger partial charge in [0.1, 0.15) is 11.9 Å². The van der Waals surface area contributed by atoms with Crippen molar-refractivity contribution in [3.63, 3.8) is 0 Å². The van der Waals surface area contributed by atoms with Crippen molar-refractivity contribution in [3.05, 3.63) is 52.7 Å². The van der Waals surface area contributed by atoms with Gasteiger partial charge in [-0.1, -0.05) is 24.2 Å². The second kappa shape index (κ2) is 9.22. The Morgan fingerprint density at radius 1 is 1.11 bits per heavy atom. The summed E-state index contributed by atoms with van der Waals surface area (Å²) in [4.78, 5) is 26.8. The maximum Gasteiger partial charge on any atom is 0.419 e. The maximum atomic E-state index is 13.8. The highest BCUT2D eigenvalue weighted by Crippen LogP contribution is 2.43. The van der Waals surface area contributed by atoms with Gasteiger partial charge >= 0.3 is 12.2 Å². The van der Waals surface area contributed by atoms with Gasteiger partial charge in [-0.25, -0.2) is 0 Å². The Morgan fingerprint density at radius 2 is 1.86 bits per heavy atom. The number of benzene rings is 1. The van der Waals surface area contributed by atoms with E-state index < -0.39 is 11.7 Å². The summed E-state index contributed by atoms with van der Waals surface area (Å²) in [5.41, 5.74) is 0.756. The van der Waals surface area contributed by atoms with Gasteiger partial charge in [-0.05, 0) is 37.5 Å². The fourth-order valence-electron chi connectivity index (χ4n) is 4.57. The summed E-state index contributed by atoms with van der Waals surface area (Å²) in [5, 5.41) is -0.325. The van der Waals surface area contributed by atoms with E-state index in [0.717, 1.165) is 24.2 Å². The number of hydrogen-bond acceptors (Lipinski definition) is 6. The van der Waals surface area contributed by atoms with Crippen LogP contribution < -0.4 is 14.5 Å². The largest absolute Gasteiger partial charge is 0.460 e. The van der Waals surface area contributed by atoms with Crippen molar-refractivity contribution in [2.45, 2.75) is 38.1 Å². The van der Waals surface area contributed by atoms with Crippen LogP contribution in [0.25, 0.3) is 0 Å². The monoisotopic (exact) mass is 507 g/mol. The number of amides is 1. The van der Waals surface area contributed by atoms with Gasteiger partial charge in [0, 0.05) is 38.3 Å². The van der Waals surface area contributed by atoms with E-state index in [2.05, 4.69) is 16.5 Å². The van der Waals surface area contributed by atoms with E-state index in [-0.39, 0.29) is 35.3 Å². The number of alkyl halides is 3. The Morgan fingerprint density at radius 3 is 2.51 bits per heavy atom. The van der Waals surface area contributed by atoms with E-state index in [1.165, 1.54) is 24.3 Å². The molecule has 1 aliphatic carbocycles. The van der Waals surface area contributed by atoms with Crippen LogP contribution in [0.2, 0.25) is 5.02 Å². The lowest BCUT2D eigenvalue weighted by Crippen LogP contribution is -2.49. The number of carbonyl (C=O) groups is 1. The zero-order valence-electron chi connectivity index (χ0n) is 19.0. The molecule has 1 amide bonds. The number of nitrogens with zero attached hydrogens (tertiary/aromatic N) is 5. The molecule has 2 aromatic rings. The van der Waals surface area contributed by atoms with Gasteiger partial charge in [-0.3, -0.25) is 4.79 Å². The smallest absolute Gasteiger partial charge is 0.419 e. The van der Waals surface area contributed by atoms with E-state index in [4.69, 9.17) is 21.3 Å². The fraction of sp³-hybridized carbons (Fsp3) is 0.458. The molecule has 0 bridgehead atoms. The summed E-state index contributed by atoms with van der Waals surface area (Å²) >= 11 is 5.96. The predicted molar refractivity (Wildman–Crippen MR) is 126 cm³/mol. The summed E-state index contributed by atoms with van der Waals surface area (Å²) in [6.07, 6.45) is -0.850. The highest BCUT2D eigenvalue weighted by atomic mass is 35.5. The number of rotatable bonds is 5. The van der Waals surface area contributed by atoms with Crippen LogP contribution in [0.1, 0.15) is 29.7 Å². The zero-order valence-corrected chi connectivity index (χ0v) is 19.8. The van der Waals surface area contributed by atoms with Crippen LogP contribution in [0, 0.1) is 0 Å². The van der Waals surface area contributed by atoms with E-state index in [9.17, 15) is 18.0 Å². The molecule has 1 saturated carbocycles. The molecular formula is C24H25ClF3N5O2. The van der Waals surface area contributed by atoms with Gasteiger partial charge < -0.3 is 19.4 Å². The van der Waals surface area contributed by atoms with Crippen LogP contribution in [0.15, 0.2) is 30.9 Å². The minimum Gasteiger partial charge on any atom is -0.460 e. The van der Waals surface area contributed by atoms with Gasteiger partial charge in [0.05, 0.1) is 28.5 Å². The quantitative estimate of drug-likeness (QED) is 0.568. The first-order valence-electron chi connectivity index (χ1n) is 11.6. The van der Waals surface area contributed by atoms with Crippen LogP contribution in [0.3, 0.4) is 0 Å². The third-order valence-electron chi connectivity index (χ3n) is 6.50. The molecule has 0 radical (unpaired) electrons. The molecule has 0 spiro atoms. The highest BCUT2D eigenvalue weighted by Gasteiger charge is 2.38. The van der Waals surface area contributed by atoms with Gasteiger partial charge in [0.15, 0.2) is 0 Å². The van der Waals surface area contributed by atoms with Crippen molar-refractivity contribution >= 4 is 29.0 Å². The lowest BCUT2D eigenvalue weighted by atomic mass is 10.0. The molecule has 0 N–H and O–H groups in total. The second-order valence-corrected chi connectivity index (χ2v) is 9.30. The number of halogens is 4.